The van der Waals surface area contributed by atoms with Crippen LogP contribution in [0, 0.1) is 0 Å². The number of imidazole rings is 1. The van der Waals surface area contributed by atoms with Crippen molar-refractivity contribution in [1.29, 1.82) is 0 Å². The van der Waals surface area contributed by atoms with E-state index in [1.165, 1.54) is 46.1 Å². The van der Waals surface area contributed by atoms with E-state index in [1.54, 1.807) is 0 Å². The van der Waals surface area contributed by atoms with Crippen molar-refractivity contribution in [1.82, 2.24) is 24.8 Å². The van der Waals surface area contributed by atoms with Crippen LogP contribution in [0.2, 0.25) is 0 Å². The molecule has 1 N–H and O–H groups in total. The first-order valence-electron chi connectivity index (χ1n) is 9.02. The van der Waals surface area contributed by atoms with Crippen molar-refractivity contribution < 1.29 is 0 Å². The van der Waals surface area contributed by atoms with E-state index in [4.69, 9.17) is 4.98 Å². The van der Waals surface area contributed by atoms with Crippen LogP contribution in [0.15, 0.2) is 30.9 Å². The van der Waals surface area contributed by atoms with E-state index in [9.17, 15) is 0 Å². The van der Waals surface area contributed by atoms with Crippen LogP contribution in [0.5, 0.6) is 0 Å². The summed E-state index contributed by atoms with van der Waals surface area (Å²) in [6.45, 7) is 1.91. The molecule has 0 fully saturated rings. The van der Waals surface area contributed by atoms with Gasteiger partial charge in [-0.3, -0.25) is 9.88 Å². The highest BCUT2D eigenvalue weighted by atomic mass is 32.1. The number of rotatable bonds is 3. The Balaban J connectivity index is 1.48. The first-order valence-corrected chi connectivity index (χ1v) is 9.84. The summed E-state index contributed by atoms with van der Waals surface area (Å²) in [5.41, 5.74) is 4.95. The molecule has 5 rings (SSSR count). The average Bonchev–Trinajstić information content (AvgIpc) is 3.28. The maximum atomic E-state index is 4.95. The van der Waals surface area contributed by atoms with Gasteiger partial charge in [0.25, 0.3) is 0 Å². The van der Waals surface area contributed by atoms with Crippen molar-refractivity contribution in [3.05, 3.63) is 63.4 Å². The fraction of sp³-hybridized carbons (Fsp3) is 0.421. The number of nitrogens with zero attached hydrogens (tertiary/aromatic N) is 4. The quantitative estimate of drug-likeness (QED) is 0.787. The van der Waals surface area contributed by atoms with Crippen molar-refractivity contribution in [2.45, 2.75) is 44.7 Å². The molecule has 0 saturated carbocycles. The number of fused-ring (bicyclic) bond motifs is 2. The van der Waals surface area contributed by atoms with E-state index in [1.807, 2.05) is 36.1 Å². The van der Waals surface area contributed by atoms with Gasteiger partial charge in [-0.25, -0.2) is 9.97 Å². The number of pyridine rings is 1. The molecule has 3 aromatic rings. The number of aromatic amines is 1. The van der Waals surface area contributed by atoms with Crippen LogP contribution in [0.25, 0.3) is 0 Å². The lowest BCUT2D eigenvalue weighted by Crippen LogP contribution is -2.35. The van der Waals surface area contributed by atoms with Gasteiger partial charge in [0.05, 0.1) is 30.3 Å². The van der Waals surface area contributed by atoms with E-state index in [0.717, 1.165) is 31.6 Å². The molecule has 128 valence electrons. The monoisotopic (exact) mass is 351 g/mol. The third-order valence-electron chi connectivity index (χ3n) is 5.25. The van der Waals surface area contributed by atoms with Gasteiger partial charge in [-0.05, 0) is 37.3 Å². The van der Waals surface area contributed by atoms with Crippen LogP contribution in [0.4, 0.5) is 0 Å². The van der Waals surface area contributed by atoms with Crippen molar-refractivity contribution in [3.63, 3.8) is 0 Å². The molecule has 5 nitrogen and oxygen atoms in total. The van der Waals surface area contributed by atoms with Gasteiger partial charge in [0.1, 0.15) is 5.01 Å². The fourth-order valence-corrected chi connectivity index (χ4v) is 5.23. The minimum Gasteiger partial charge on any atom is -0.348 e. The number of hydrogen-bond acceptors (Lipinski definition) is 5. The van der Waals surface area contributed by atoms with Gasteiger partial charge < -0.3 is 4.98 Å². The van der Waals surface area contributed by atoms with E-state index in [-0.39, 0.29) is 6.04 Å². The predicted molar refractivity (Wildman–Crippen MR) is 97.5 cm³/mol. The van der Waals surface area contributed by atoms with Crippen LogP contribution in [0.3, 0.4) is 0 Å². The molecule has 0 amide bonds. The molecule has 0 saturated heterocycles. The van der Waals surface area contributed by atoms with Gasteiger partial charge in [-0.15, -0.1) is 11.3 Å². The second-order valence-electron chi connectivity index (χ2n) is 6.86. The van der Waals surface area contributed by atoms with Gasteiger partial charge in [-0.1, -0.05) is 6.07 Å². The number of hydrogen-bond donors (Lipinski definition) is 1. The van der Waals surface area contributed by atoms with Crippen LogP contribution < -0.4 is 0 Å². The minimum absolute atomic E-state index is 0.157. The molecular formula is C19H21N5S. The Morgan fingerprint density at radius 2 is 2.20 bits per heavy atom. The van der Waals surface area contributed by atoms with Crippen LogP contribution >= 0.6 is 11.3 Å². The SMILES string of the molecule is c1cncc([C@@H]2c3nc[nH]c3CCN2Cc2nc3c(s2)CCCC3)c1. The van der Waals surface area contributed by atoms with Gasteiger partial charge in [-0.2, -0.15) is 0 Å². The summed E-state index contributed by atoms with van der Waals surface area (Å²) in [6, 6.07) is 4.32. The molecule has 0 aromatic carbocycles. The van der Waals surface area contributed by atoms with Crippen LogP contribution in [-0.4, -0.2) is 31.4 Å². The summed E-state index contributed by atoms with van der Waals surface area (Å²) in [6.07, 6.45) is 11.6. The zero-order chi connectivity index (χ0) is 16.6. The molecule has 3 aromatic heterocycles. The standard InChI is InChI=1S/C19H21N5S/c1-2-6-16-14(5-1)23-17(25-16)11-24-9-7-15-18(22-12-21-15)19(24)13-4-3-8-20-10-13/h3-4,8,10,12,19H,1-2,5-7,9,11H2,(H,21,22)/t19-/m1/s1. The third-order valence-corrected chi connectivity index (χ3v) is 6.40. The third kappa shape index (κ3) is 2.79. The van der Waals surface area contributed by atoms with Crippen LogP contribution in [0.1, 0.15) is 51.4 Å². The minimum atomic E-state index is 0.157. The normalized spacial score (nSPS) is 20.2. The maximum Gasteiger partial charge on any atom is 0.107 e. The van der Waals surface area contributed by atoms with E-state index >= 15 is 0 Å². The van der Waals surface area contributed by atoms with Gasteiger partial charge in [0.2, 0.25) is 0 Å². The summed E-state index contributed by atoms with van der Waals surface area (Å²) >= 11 is 1.91. The lowest BCUT2D eigenvalue weighted by molar-refractivity contribution is 0.199. The number of aryl methyl sites for hydroxylation is 2. The van der Waals surface area contributed by atoms with Crippen molar-refractivity contribution >= 4 is 11.3 Å². The molecule has 0 bridgehead atoms. The van der Waals surface area contributed by atoms with Gasteiger partial charge in [0, 0.05) is 35.9 Å². The van der Waals surface area contributed by atoms with E-state index in [0.29, 0.717) is 0 Å². The molecular weight excluding hydrogens is 330 g/mol. The van der Waals surface area contributed by atoms with Crippen LogP contribution in [-0.2, 0) is 25.8 Å². The molecule has 1 atom stereocenters. The zero-order valence-electron chi connectivity index (χ0n) is 14.1. The lowest BCUT2D eigenvalue weighted by atomic mass is 9.97. The molecule has 2 aliphatic rings. The highest BCUT2D eigenvalue weighted by molar-refractivity contribution is 7.11. The van der Waals surface area contributed by atoms with E-state index in [2.05, 4.69) is 25.9 Å². The Morgan fingerprint density at radius 3 is 3.08 bits per heavy atom. The van der Waals surface area contributed by atoms with Crippen molar-refractivity contribution in [3.8, 4) is 0 Å². The molecule has 0 spiro atoms. The Labute approximate surface area is 151 Å². The Morgan fingerprint density at radius 1 is 1.24 bits per heavy atom. The number of aromatic nitrogens is 4. The van der Waals surface area contributed by atoms with E-state index < -0.39 is 0 Å². The summed E-state index contributed by atoms with van der Waals surface area (Å²) in [5, 5.41) is 1.25. The lowest BCUT2D eigenvalue weighted by Gasteiger charge is -2.34. The molecule has 1 aliphatic carbocycles. The summed E-state index contributed by atoms with van der Waals surface area (Å²) < 4.78 is 0. The molecule has 0 unspecified atom stereocenters. The smallest absolute Gasteiger partial charge is 0.107 e. The number of H-pyrrole nitrogens is 1. The first kappa shape index (κ1) is 15.2. The molecule has 1 aliphatic heterocycles. The van der Waals surface area contributed by atoms with Gasteiger partial charge in [0.15, 0.2) is 0 Å². The fourth-order valence-electron chi connectivity index (χ4n) is 4.05. The average molecular weight is 351 g/mol. The predicted octanol–water partition coefficient (Wildman–Crippen LogP) is 3.29. The Bertz CT molecular complexity index is 846. The maximum absolute atomic E-state index is 4.95. The number of nitrogens with one attached hydrogen (secondary N) is 1. The second-order valence-corrected chi connectivity index (χ2v) is 8.03. The number of thiazole rings is 1. The summed E-state index contributed by atoms with van der Waals surface area (Å²) in [7, 11) is 0. The first-order chi connectivity index (χ1) is 12.4. The Hall–Kier alpha value is -2.05. The summed E-state index contributed by atoms with van der Waals surface area (Å²) in [5.74, 6) is 0. The van der Waals surface area contributed by atoms with Crippen molar-refractivity contribution in [2.75, 3.05) is 6.54 Å². The molecule has 6 heteroatoms. The highest BCUT2D eigenvalue weighted by Crippen LogP contribution is 2.35. The summed E-state index contributed by atoms with van der Waals surface area (Å²) in [4.78, 5) is 21.2. The largest absolute Gasteiger partial charge is 0.348 e. The molecule has 4 heterocycles. The highest BCUT2D eigenvalue weighted by Gasteiger charge is 2.32. The zero-order valence-corrected chi connectivity index (χ0v) is 14.9. The molecule has 0 radical (unpaired) electrons. The second kappa shape index (κ2) is 6.35. The van der Waals surface area contributed by atoms with Crippen molar-refractivity contribution in [2.24, 2.45) is 0 Å². The van der Waals surface area contributed by atoms with Gasteiger partial charge >= 0.3 is 0 Å². The Kier molecular flexibility index (Phi) is 3.87. The topological polar surface area (TPSA) is 57.7 Å². The molecule has 25 heavy (non-hydrogen) atoms.